The van der Waals surface area contributed by atoms with Crippen molar-refractivity contribution in [2.45, 2.75) is 45.6 Å². The van der Waals surface area contributed by atoms with Gasteiger partial charge in [-0.3, -0.25) is 9.59 Å². The van der Waals surface area contributed by atoms with Crippen molar-refractivity contribution in [3.05, 3.63) is 83.9 Å². The van der Waals surface area contributed by atoms with E-state index in [4.69, 9.17) is 4.74 Å². The number of amides is 2. The first kappa shape index (κ1) is 24.7. The predicted octanol–water partition coefficient (Wildman–Crippen LogP) is 6.14. The van der Waals surface area contributed by atoms with Crippen molar-refractivity contribution in [3.8, 4) is 16.9 Å². The van der Waals surface area contributed by atoms with E-state index in [1.165, 1.54) is 11.8 Å². The Kier molecular flexibility index (Phi) is 7.67. The lowest BCUT2D eigenvalue weighted by atomic mass is 9.88. The van der Waals surface area contributed by atoms with Gasteiger partial charge in [0.25, 0.3) is 5.91 Å². The van der Waals surface area contributed by atoms with Crippen LogP contribution in [0.4, 0.5) is 5.69 Å². The predicted molar refractivity (Wildman–Crippen MR) is 141 cm³/mol. The second-order valence-corrected chi connectivity index (χ2v) is 9.43. The lowest BCUT2D eigenvalue weighted by molar-refractivity contribution is -0.115. The molecular formula is C30H34N2O3. The first-order chi connectivity index (χ1) is 16.9. The van der Waals surface area contributed by atoms with Crippen LogP contribution in [0.1, 0.15) is 55.5 Å². The van der Waals surface area contributed by atoms with Crippen molar-refractivity contribution in [2.24, 2.45) is 0 Å². The van der Waals surface area contributed by atoms with Gasteiger partial charge in [-0.25, -0.2) is 4.90 Å². The van der Waals surface area contributed by atoms with Gasteiger partial charge in [-0.2, -0.15) is 0 Å². The number of carbonyl (C=O) groups is 2. The Balaban J connectivity index is 1.61. The van der Waals surface area contributed by atoms with Crippen molar-refractivity contribution in [1.29, 1.82) is 0 Å². The third-order valence-corrected chi connectivity index (χ3v) is 6.93. The highest BCUT2D eigenvalue weighted by molar-refractivity contribution is 6.20. The van der Waals surface area contributed by atoms with E-state index in [2.05, 4.69) is 18.7 Å². The molecule has 2 amide bonds. The van der Waals surface area contributed by atoms with Crippen molar-refractivity contribution < 1.29 is 14.3 Å². The van der Waals surface area contributed by atoms with E-state index < -0.39 is 0 Å². The number of carbonyl (C=O) groups excluding carboxylic acids is 2. The van der Waals surface area contributed by atoms with Gasteiger partial charge in [0.2, 0.25) is 5.91 Å². The smallest absolute Gasteiger partial charge is 0.265 e. The molecule has 3 aromatic carbocycles. The van der Waals surface area contributed by atoms with Crippen LogP contribution >= 0.6 is 0 Å². The molecule has 0 atom stereocenters. The number of nitrogens with zero attached hydrogens (tertiary/aromatic N) is 2. The second-order valence-electron chi connectivity index (χ2n) is 9.43. The van der Waals surface area contributed by atoms with E-state index in [0.717, 1.165) is 48.4 Å². The topological polar surface area (TPSA) is 49.9 Å². The molecule has 1 heterocycles. The molecule has 0 aliphatic carbocycles. The Labute approximate surface area is 208 Å². The number of piperidine rings is 1. The van der Waals surface area contributed by atoms with Crippen LogP contribution in [0.3, 0.4) is 0 Å². The Morgan fingerprint density at radius 1 is 0.914 bits per heavy atom. The fourth-order valence-electron chi connectivity index (χ4n) is 4.91. The number of rotatable bonds is 6. The van der Waals surface area contributed by atoms with Crippen molar-refractivity contribution >= 4 is 17.5 Å². The molecule has 0 saturated carbocycles. The van der Waals surface area contributed by atoms with E-state index in [-0.39, 0.29) is 11.8 Å². The molecule has 0 unspecified atom stereocenters. The van der Waals surface area contributed by atoms with Gasteiger partial charge in [0.1, 0.15) is 5.75 Å². The first-order valence-corrected chi connectivity index (χ1v) is 12.3. The van der Waals surface area contributed by atoms with Crippen molar-refractivity contribution in [2.75, 3.05) is 25.1 Å². The van der Waals surface area contributed by atoms with Crippen LogP contribution in [0.25, 0.3) is 11.1 Å². The lowest BCUT2D eigenvalue weighted by Gasteiger charge is -2.35. The molecule has 1 fully saturated rings. The maximum Gasteiger partial charge on any atom is 0.265 e. The maximum absolute atomic E-state index is 13.5. The number of hydrogen-bond acceptors (Lipinski definition) is 4. The van der Waals surface area contributed by atoms with Gasteiger partial charge in [0, 0.05) is 18.5 Å². The quantitative estimate of drug-likeness (QED) is 0.434. The zero-order valence-corrected chi connectivity index (χ0v) is 21.0. The third kappa shape index (κ3) is 5.46. The molecular weight excluding hydrogens is 436 g/mol. The largest absolute Gasteiger partial charge is 0.496 e. The van der Waals surface area contributed by atoms with Gasteiger partial charge >= 0.3 is 0 Å². The Morgan fingerprint density at radius 2 is 1.54 bits per heavy atom. The number of imide groups is 1. The summed E-state index contributed by atoms with van der Waals surface area (Å²) in [6, 6.07) is 23.6. The highest BCUT2D eigenvalue weighted by Crippen LogP contribution is 2.37. The Bertz CT molecular complexity index is 1160. The van der Waals surface area contributed by atoms with Gasteiger partial charge in [-0.15, -0.1) is 0 Å². The van der Waals surface area contributed by atoms with Gasteiger partial charge in [0.15, 0.2) is 0 Å². The van der Waals surface area contributed by atoms with Crippen LogP contribution in [0.15, 0.2) is 72.8 Å². The minimum absolute atomic E-state index is 0.312. The molecule has 0 N–H and O–H groups in total. The molecule has 1 saturated heterocycles. The molecule has 0 aromatic heterocycles. The number of benzene rings is 3. The van der Waals surface area contributed by atoms with E-state index >= 15 is 0 Å². The maximum atomic E-state index is 13.5. The lowest BCUT2D eigenvalue weighted by Crippen LogP contribution is -2.38. The fourth-order valence-corrected chi connectivity index (χ4v) is 4.91. The van der Waals surface area contributed by atoms with E-state index in [9.17, 15) is 9.59 Å². The summed E-state index contributed by atoms with van der Waals surface area (Å²) < 4.78 is 5.67. The average molecular weight is 471 g/mol. The number of hydrogen-bond donors (Lipinski definition) is 0. The highest BCUT2D eigenvalue weighted by Gasteiger charge is 2.27. The molecule has 182 valence electrons. The Hall–Kier alpha value is -3.44. The summed E-state index contributed by atoms with van der Waals surface area (Å²) in [5, 5.41) is 0. The molecule has 4 rings (SSSR count). The zero-order valence-electron chi connectivity index (χ0n) is 21.0. The molecule has 5 heteroatoms. The molecule has 3 aromatic rings. The summed E-state index contributed by atoms with van der Waals surface area (Å²) in [6.45, 7) is 7.94. The SMILES string of the molecule is COc1ccc(N(C(C)=O)C(=O)c2ccc(-c3ccccc3)cc2)cc1C1CCN(C(C)C)CC1. The molecule has 1 aliphatic heterocycles. The van der Waals surface area contributed by atoms with Crippen LogP contribution in [-0.4, -0.2) is 43.0 Å². The van der Waals surface area contributed by atoms with Crippen molar-refractivity contribution in [1.82, 2.24) is 4.90 Å². The third-order valence-electron chi connectivity index (χ3n) is 6.93. The van der Waals surface area contributed by atoms with Gasteiger partial charge in [0.05, 0.1) is 12.8 Å². The van der Waals surface area contributed by atoms with Crippen molar-refractivity contribution in [3.63, 3.8) is 0 Å². The molecule has 0 spiro atoms. The zero-order chi connectivity index (χ0) is 24.9. The minimum atomic E-state index is -0.331. The number of likely N-dealkylation sites (tertiary alicyclic amines) is 1. The van der Waals surface area contributed by atoms with Gasteiger partial charge in [-0.05, 0) is 92.7 Å². The molecule has 0 bridgehead atoms. The summed E-state index contributed by atoms with van der Waals surface area (Å²) >= 11 is 0. The number of methoxy groups -OCH3 is 1. The van der Waals surface area contributed by atoms with E-state index in [1.54, 1.807) is 25.3 Å². The van der Waals surface area contributed by atoms with E-state index in [1.807, 2.05) is 54.6 Å². The monoisotopic (exact) mass is 470 g/mol. The van der Waals surface area contributed by atoms with Crippen LogP contribution < -0.4 is 9.64 Å². The Morgan fingerprint density at radius 3 is 2.11 bits per heavy atom. The number of ether oxygens (including phenoxy) is 1. The summed E-state index contributed by atoms with van der Waals surface area (Å²) in [6.07, 6.45) is 2.04. The summed E-state index contributed by atoms with van der Waals surface area (Å²) in [4.78, 5) is 29.9. The number of anilines is 1. The summed E-state index contributed by atoms with van der Waals surface area (Å²) in [5.41, 5.74) is 4.22. The molecule has 5 nitrogen and oxygen atoms in total. The van der Waals surface area contributed by atoms with Crippen LogP contribution in [0.2, 0.25) is 0 Å². The van der Waals surface area contributed by atoms with Gasteiger partial charge in [-0.1, -0.05) is 42.5 Å². The fraction of sp³-hybridized carbons (Fsp3) is 0.333. The van der Waals surface area contributed by atoms with Gasteiger partial charge < -0.3 is 9.64 Å². The summed E-state index contributed by atoms with van der Waals surface area (Å²) in [7, 11) is 1.67. The normalized spacial score (nSPS) is 14.7. The molecule has 1 aliphatic rings. The summed E-state index contributed by atoms with van der Waals surface area (Å²) in [5.74, 6) is 0.490. The molecule has 0 radical (unpaired) electrons. The van der Waals surface area contributed by atoms with Crippen LogP contribution in [-0.2, 0) is 4.79 Å². The van der Waals surface area contributed by atoms with Crippen LogP contribution in [0.5, 0.6) is 5.75 Å². The second kappa shape index (κ2) is 10.9. The highest BCUT2D eigenvalue weighted by atomic mass is 16.5. The average Bonchev–Trinajstić information content (AvgIpc) is 2.89. The minimum Gasteiger partial charge on any atom is -0.496 e. The standard InChI is InChI=1S/C30H34N2O3/c1-21(2)31-18-16-25(17-19-31)28-20-27(14-15-29(28)35-4)32(22(3)33)30(34)26-12-10-24(11-13-26)23-8-6-5-7-9-23/h5-15,20-21,25H,16-19H2,1-4H3. The van der Waals surface area contributed by atoms with Crippen LogP contribution in [0, 0.1) is 0 Å². The molecule has 35 heavy (non-hydrogen) atoms. The first-order valence-electron chi connectivity index (χ1n) is 12.3. The van der Waals surface area contributed by atoms with E-state index in [0.29, 0.717) is 23.2 Å².